The van der Waals surface area contributed by atoms with Gasteiger partial charge in [0.15, 0.2) is 11.4 Å². The molecule has 4 nitrogen and oxygen atoms in total. The number of carbonyl (C=O) groups is 1. The van der Waals surface area contributed by atoms with Gasteiger partial charge in [0.25, 0.3) is 0 Å². The van der Waals surface area contributed by atoms with Crippen LogP contribution in [0, 0.1) is 0 Å². The van der Waals surface area contributed by atoms with Gasteiger partial charge in [-0.2, -0.15) is 0 Å². The van der Waals surface area contributed by atoms with Crippen LogP contribution in [-0.4, -0.2) is 31.5 Å². The normalized spacial score (nSPS) is 10.6. The number of rotatable bonds is 10. The Morgan fingerprint density at radius 2 is 1.92 bits per heavy atom. The maximum Gasteiger partial charge on any atom is 0.186 e. The van der Waals surface area contributed by atoms with Crippen LogP contribution in [-0.2, 0) is 0 Å². The van der Waals surface area contributed by atoms with Gasteiger partial charge < -0.3 is 9.64 Å². The number of thiazole rings is 1. The van der Waals surface area contributed by atoms with Crippen molar-refractivity contribution in [3.05, 3.63) is 29.1 Å². The van der Waals surface area contributed by atoms with E-state index in [1.165, 1.54) is 11.3 Å². The van der Waals surface area contributed by atoms with E-state index in [0.717, 1.165) is 67.2 Å². The molecule has 0 aliphatic carbocycles. The molecule has 0 saturated heterocycles. The van der Waals surface area contributed by atoms with Crippen LogP contribution >= 0.6 is 11.3 Å². The van der Waals surface area contributed by atoms with Gasteiger partial charge in [-0.1, -0.05) is 50.2 Å². The molecule has 0 saturated carbocycles. The fourth-order valence-corrected chi connectivity index (χ4v) is 3.47. The predicted octanol–water partition coefficient (Wildman–Crippen LogP) is 5.04. The van der Waals surface area contributed by atoms with E-state index in [1.807, 2.05) is 24.3 Å². The third-order valence-electron chi connectivity index (χ3n) is 3.93. The molecule has 0 spiro atoms. The third kappa shape index (κ3) is 4.57. The van der Waals surface area contributed by atoms with E-state index in [-0.39, 0.29) is 0 Å². The van der Waals surface area contributed by atoms with Crippen LogP contribution < -0.4 is 9.64 Å². The third-order valence-corrected chi connectivity index (χ3v) is 4.97. The Hall–Kier alpha value is -1.88. The van der Waals surface area contributed by atoms with Crippen LogP contribution in [0.5, 0.6) is 5.75 Å². The summed E-state index contributed by atoms with van der Waals surface area (Å²) < 4.78 is 5.29. The lowest BCUT2D eigenvalue weighted by Crippen LogP contribution is -2.25. The molecule has 130 valence electrons. The lowest BCUT2D eigenvalue weighted by Gasteiger charge is -2.21. The minimum absolute atomic E-state index is 0.677. The van der Waals surface area contributed by atoms with Crippen LogP contribution in [0.2, 0.25) is 0 Å². The zero-order valence-electron chi connectivity index (χ0n) is 14.7. The molecule has 0 bridgehead atoms. The lowest BCUT2D eigenvalue weighted by molar-refractivity contribution is 0.112. The smallest absolute Gasteiger partial charge is 0.186 e. The summed E-state index contributed by atoms with van der Waals surface area (Å²) in [5.74, 6) is 0.771. The van der Waals surface area contributed by atoms with Crippen molar-refractivity contribution in [2.75, 3.05) is 25.1 Å². The monoisotopic (exact) mass is 346 g/mol. The molecule has 0 amide bonds. The number of benzene rings is 1. The summed E-state index contributed by atoms with van der Waals surface area (Å²) >= 11 is 1.48. The van der Waals surface area contributed by atoms with Crippen molar-refractivity contribution in [3.8, 4) is 17.0 Å². The van der Waals surface area contributed by atoms with Crippen molar-refractivity contribution in [2.45, 2.75) is 39.5 Å². The molecule has 0 radical (unpaired) electrons. The highest BCUT2D eigenvalue weighted by molar-refractivity contribution is 7.17. The Balaban J connectivity index is 2.34. The van der Waals surface area contributed by atoms with Gasteiger partial charge in [-0.05, 0) is 25.0 Å². The topological polar surface area (TPSA) is 42.4 Å². The number of ether oxygens (including phenoxy) is 1. The molecule has 5 heteroatoms. The van der Waals surface area contributed by atoms with Crippen molar-refractivity contribution in [3.63, 3.8) is 0 Å². The maximum absolute atomic E-state index is 11.5. The minimum atomic E-state index is 0.677. The van der Waals surface area contributed by atoms with Gasteiger partial charge in [0.05, 0.1) is 17.7 Å². The predicted molar refractivity (Wildman–Crippen MR) is 102 cm³/mol. The quantitative estimate of drug-likeness (QED) is 0.565. The molecule has 1 aromatic carbocycles. The molecule has 0 aliphatic heterocycles. The Kier molecular flexibility index (Phi) is 7.25. The van der Waals surface area contributed by atoms with E-state index in [1.54, 1.807) is 7.11 Å². The summed E-state index contributed by atoms with van der Waals surface area (Å²) in [6.07, 6.45) is 5.48. The lowest BCUT2D eigenvalue weighted by atomic mass is 10.1. The first-order valence-corrected chi connectivity index (χ1v) is 9.40. The fraction of sp³-hybridized carbons (Fsp3) is 0.474. The summed E-state index contributed by atoms with van der Waals surface area (Å²) in [6.45, 7) is 6.36. The first-order chi connectivity index (χ1) is 11.7. The molecular formula is C19H26N2O2S. The zero-order valence-corrected chi connectivity index (χ0v) is 15.6. The van der Waals surface area contributed by atoms with Crippen LogP contribution in [0.25, 0.3) is 11.3 Å². The highest BCUT2D eigenvalue weighted by atomic mass is 32.1. The van der Waals surface area contributed by atoms with Gasteiger partial charge in [-0.25, -0.2) is 4.98 Å². The fourth-order valence-electron chi connectivity index (χ4n) is 2.51. The Morgan fingerprint density at radius 3 is 2.50 bits per heavy atom. The van der Waals surface area contributed by atoms with Gasteiger partial charge >= 0.3 is 0 Å². The van der Waals surface area contributed by atoms with Gasteiger partial charge in [0, 0.05) is 18.7 Å². The van der Waals surface area contributed by atoms with Crippen molar-refractivity contribution < 1.29 is 9.53 Å². The number of anilines is 1. The maximum atomic E-state index is 11.5. The number of aromatic nitrogens is 1. The minimum Gasteiger partial charge on any atom is -0.497 e. The molecular weight excluding hydrogens is 320 g/mol. The Morgan fingerprint density at radius 1 is 1.21 bits per heavy atom. The van der Waals surface area contributed by atoms with Gasteiger partial charge in [0.1, 0.15) is 5.75 Å². The average molecular weight is 346 g/mol. The number of hydrogen-bond donors (Lipinski definition) is 0. The second-order valence-corrected chi connectivity index (χ2v) is 6.76. The van der Waals surface area contributed by atoms with Gasteiger partial charge in [-0.15, -0.1) is 0 Å². The summed E-state index contributed by atoms with van der Waals surface area (Å²) in [5.41, 5.74) is 1.67. The molecule has 1 aromatic heterocycles. The zero-order chi connectivity index (χ0) is 17.4. The average Bonchev–Trinajstić information content (AvgIpc) is 3.06. The molecule has 0 N–H and O–H groups in total. The van der Waals surface area contributed by atoms with Crippen molar-refractivity contribution >= 4 is 22.8 Å². The number of hydrogen-bond acceptors (Lipinski definition) is 5. The highest BCUT2D eigenvalue weighted by Crippen LogP contribution is 2.33. The number of methoxy groups -OCH3 is 1. The van der Waals surface area contributed by atoms with E-state index in [2.05, 4.69) is 18.7 Å². The molecule has 0 aliphatic rings. The molecule has 0 fully saturated rings. The van der Waals surface area contributed by atoms with E-state index < -0.39 is 0 Å². The molecule has 2 aromatic rings. The number of nitrogens with zero attached hydrogens (tertiary/aromatic N) is 2. The van der Waals surface area contributed by atoms with Crippen molar-refractivity contribution in [1.29, 1.82) is 0 Å². The van der Waals surface area contributed by atoms with E-state index in [9.17, 15) is 4.79 Å². The molecule has 24 heavy (non-hydrogen) atoms. The van der Waals surface area contributed by atoms with Gasteiger partial charge in [-0.3, -0.25) is 4.79 Å². The number of aldehydes is 1. The summed E-state index contributed by atoms with van der Waals surface area (Å²) in [4.78, 5) is 19.3. The molecule has 0 unspecified atom stereocenters. The molecule has 1 heterocycles. The largest absolute Gasteiger partial charge is 0.497 e. The van der Waals surface area contributed by atoms with Crippen LogP contribution in [0.3, 0.4) is 0 Å². The number of unbranched alkanes of at least 4 members (excludes halogenated alkanes) is 2. The number of carbonyl (C=O) groups excluding carboxylic acids is 1. The second-order valence-electron chi connectivity index (χ2n) is 5.75. The summed E-state index contributed by atoms with van der Waals surface area (Å²) in [6, 6.07) is 7.71. The van der Waals surface area contributed by atoms with E-state index >= 15 is 0 Å². The SMILES string of the molecule is CCCCN(CCCC)c1nc(-c2cccc(OC)c2)c(C=O)s1. The van der Waals surface area contributed by atoms with Crippen molar-refractivity contribution in [2.24, 2.45) is 0 Å². The first-order valence-electron chi connectivity index (χ1n) is 8.58. The second kappa shape index (κ2) is 9.42. The summed E-state index contributed by atoms with van der Waals surface area (Å²) in [7, 11) is 1.64. The van der Waals surface area contributed by atoms with Gasteiger partial charge in [0.2, 0.25) is 0 Å². The highest BCUT2D eigenvalue weighted by Gasteiger charge is 2.17. The van der Waals surface area contributed by atoms with Crippen LogP contribution in [0.15, 0.2) is 24.3 Å². The Bertz CT molecular complexity index is 647. The summed E-state index contributed by atoms with van der Waals surface area (Å²) in [5, 5.41) is 0.941. The first kappa shape index (κ1) is 18.5. The standard InChI is InChI=1S/C19H26N2O2S/c1-4-6-11-21(12-7-5-2)19-20-18(17(14-22)24-19)15-9-8-10-16(13-15)23-3/h8-10,13-14H,4-7,11-12H2,1-3H3. The van der Waals surface area contributed by atoms with Crippen LogP contribution in [0.1, 0.15) is 49.2 Å². The molecule has 2 rings (SSSR count). The van der Waals surface area contributed by atoms with Crippen molar-refractivity contribution in [1.82, 2.24) is 4.98 Å². The van der Waals surface area contributed by atoms with E-state index in [0.29, 0.717) is 4.88 Å². The molecule has 0 atom stereocenters. The van der Waals surface area contributed by atoms with E-state index in [4.69, 9.17) is 9.72 Å². The van der Waals surface area contributed by atoms with Crippen LogP contribution in [0.4, 0.5) is 5.13 Å². The Labute approximate surface area is 148 Å².